The molecule has 1 aliphatic heterocycles. The Hall–Kier alpha value is -3.30. The molecular weight excluding hydrogens is 434 g/mol. The summed E-state index contributed by atoms with van der Waals surface area (Å²) in [6.45, 7) is 4.86. The first-order valence-electron chi connectivity index (χ1n) is 9.85. The van der Waals surface area contributed by atoms with Crippen LogP contribution in [0.2, 0.25) is 0 Å². The average molecular weight is 458 g/mol. The van der Waals surface area contributed by atoms with E-state index in [4.69, 9.17) is 4.74 Å². The first-order valence-corrected chi connectivity index (χ1v) is 11.3. The maximum Gasteiger partial charge on any atom is 0.254 e. The Morgan fingerprint density at radius 3 is 2.25 bits per heavy atom. The number of ether oxygens (including phenoxy) is 1. The van der Waals surface area contributed by atoms with E-state index >= 15 is 0 Å². The molecule has 2 aromatic carbocycles. The van der Waals surface area contributed by atoms with Crippen molar-refractivity contribution >= 4 is 9.84 Å². The molecule has 1 aliphatic rings. The molecule has 3 N–H and O–H groups in total. The third-order valence-corrected chi connectivity index (χ3v) is 7.79. The van der Waals surface area contributed by atoms with E-state index in [0.29, 0.717) is 11.3 Å². The molecule has 2 atom stereocenters. The van der Waals surface area contributed by atoms with Crippen molar-refractivity contribution in [3.05, 3.63) is 76.7 Å². The van der Waals surface area contributed by atoms with Gasteiger partial charge in [0.1, 0.15) is 28.5 Å². The second-order valence-corrected chi connectivity index (χ2v) is 10.4. The SMILES string of the molecule is CC1(C)Oc2ccc(S(=O)(=O)c3cccc(O)c3)cc2[C@@H](n2ccc(O)cc2=O)[C@]1(C)O. The van der Waals surface area contributed by atoms with Crippen molar-refractivity contribution in [1.29, 1.82) is 0 Å². The van der Waals surface area contributed by atoms with Crippen molar-refractivity contribution in [2.75, 3.05) is 0 Å². The summed E-state index contributed by atoms with van der Waals surface area (Å²) in [5, 5.41) is 30.8. The summed E-state index contributed by atoms with van der Waals surface area (Å²) in [6.07, 6.45) is 1.35. The van der Waals surface area contributed by atoms with Crippen LogP contribution >= 0.6 is 0 Å². The normalized spacial score (nSPS) is 22.1. The van der Waals surface area contributed by atoms with Gasteiger partial charge >= 0.3 is 0 Å². The van der Waals surface area contributed by atoms with Gasteiger partial charge in [0.05, 0.1) is 15.8 Å². The van der Waals surface area contributed by atoms with Crippen LogP contribution in [0, 0.1) is 0 Å². The number of benzene rings is 2. The summed E-state index contributed by atoms with van der Waals surface area (Å²) < 4.78 is 33.6. The lowest BCUT2D eigenvalue weighted by Gasteiger charge is -2.50. The van der Waals surface area contributed by atoms with E-state index in [1.54, 1.807) is 13.8 Å². The zero-order valence-corrected chi connectivity index (χ0v) is 18.5. The lowest BCUT2D eigenvalue weighted by atomic mass is 9.75. The molecule has 0 unspecified atom stereocenters. The molecule has 0 fully saturated rings. The fourth-order valence-electron chi connectivity index (χ4n) is 3.91. The molecule has 32 heavy (non-hydrogen) atoms. The number of hydrogen-bond donors (Lipinski definition) is 3. The zero-order chi connectivity index (χ0) is 23.5. The van der Waals surface area contributed by atoms with E-state index < -0.39 is 32.6 Å². The third-order valence-electron chi connectivity index (χ3n) is 6.04. The molecule has 1 aromatic heterocycles. The number of phenolic OH excluding ortho intramolecular Hbond substituents is 1. The van der Waals surface area contributed by atoms with Gasteiger partial charge in [-0.2, -0.15) is 0 Å². The Kier molecular flexibility index (Phi) is 4.87. The largest absolute Gasteiger partial charge is 0.508 e. The minimum atomic E-state index is -4.01. The first kappa shape index (κ1) is 21.9. The van der Waals surface area contributed by atoms with Gasteiger partial charge in [-0.1, -0.05) is 6.07 Å². The van der Waals surface area contributed by atoms with E-state index in [-0.39, 0.29) is 21.3 Å². The standard InChI is InChI=1S/C23H23NO7S/c1-22(2)23(3,28)21(24-10-9-15(26)12-20(24)27)18-13-17(7-8-19(18)31-22)32(29,30)16-6-4-5-14(25)11-16/h4-13,21,25-26,28H,1-3H3/t21-,23+/m1/s1. The number of aromatic nitrogens is 1. The highest BCUT2D eigenvalue weighted by Crippen LogP contribution is 2.48. The second kappa shape index (κ2) is 7.11. The van der Waals surface area contributed by atoms with Gasteiger partial charge in [0, 0.05) is 17.8 Å². The summed E-state index contributed by atoms with van der Waals surface area (Å²) in [5.41, 5.74) is -3.04. The fourth-order valence-corrected chi connectivity index (χ4v) is 5.25. The van der Waals surface area contributed by atoms with E-state index in [9.17, 15) is 28.5 Å². The van der Waals surface area contributed by atoms with Crippen molar-refractivity contribution in [1.82, 2.24) is 4.57 Å². The van der Waals surface area contributed by atoms with Gasteiger partial charge in [0.25, 0.3) is 5.56 Å². The first-order chi connectivity index (χ1) is 14.8. The van der Waals surface area contributed by atoms with E-state index in [0.717, 1.165) is 12.1 Å². The second-order valence-electron chi connectivity index (χ2n) is 8.49. The molecule has 0 aliphatic carbocycles. The number of aliphatic hydroxyl groups is 1. The molecule has 2 heterocycles. The van der Waals surface area contributed by atoms with Crippen molar-refractivity contribution in [3.63, 3.8) is 0 Å². The number of rotatable bonds is 3. The van der Waals surface area contributed by atoms with Crippen molar-refractivity contribution in [2.24, 2.45) is 0 Å². The van der Waals surface area contributed by atoms with Gasteiger partial charge in [-0.15, -0.1) is 0 Å². The number of nitrogens with zero attached hydrogens (tertiary/aromatic N) is 1. The summed E-state index contributed by atoms with van der Waals surface area (Å²) in [4.78, 5) is 12.5. The maximum absolute atomic E-state index is 13.2. The van der Waals surface area contributed by atoms with Crippen LogP contribution in [0.5, 0.6) is 17.2 Å². The monoisotopic (exact) mass is 457 g/mol. The predicted octanol–water partition coefficient (Wildman–Crippen LogP) is 2.60. The van der Waals surface area contributed by atoms with Crippen LogP contribution in [0.25, 0.3) is 0 Å². The Morgan fingerprint density at radius 1 is 0.938 bits per heavy atom. The molecular formula is C23H23NO7S. The molecule has 0 radical (unpaired) electrons. The molecule has 8 nitrogen and oxygen atoms in total. The zero-order valence-electron chi connectivity index (χ0n) is 17.7. The number of fused-ring (bicyclic) bond motifs is 1. The summed E-state index contributed by atoms with van der Waals surface area (Å²) in [7, 11) is -4.01. The summed E-state index contributed by atoms with van der Waals surface area (Å²) in [5.74, 6) is -0.0930. The number of phenols is 1. The molecule has 0 bridgehead atoms. The maximum atomic E-state index is 13.2. The molecule has 0 amide bonds. The molecule has 0 spiro atoms. The van der Waals surface area contributed by atoms with E-state index in [2.05, 4.69) is 0 Å². The molecule has 9 heteroatoms. The summed E-state index contributed by atoms with van der Waals surface area (Å²) in [6, 6.07) is 10.9. The Morgan fingerprint density at radius 2 is 1.59 bits per heavy atom. The van der Waals surface area contributed by atoms with Crippen LogP contribution in [0.4, 0.5) is 0 Å². The van der Waals surface area contributed by atoms with Gasteiger partial charge in [-0.25, -0.2) is 8.42 Å². The van der Waals surface area contributed by atoms with Crippen molar-refractivity contribution in [2.45, 2.75) is 47.8 Å². The number of aromatic hydroxyl groups is 2. The molecule has 3 aromatic rings. The predicted molar refractivity (Wildman–Crippen MR) is 116 cm³/mol. The summed E-state index contributed by atoms with van der Waals surface area (Å²) >= 11 is 0. The highest BCUT2D eigenvalue weighted by atomic mass is 32.2. The third kappa shape index (κ3) is 3.34. The van der Waals surface area contributed by atoms with E-state index in [1.807, 2.05) is 0 Å². The molecule has 4 rings (SSSR count). The van der Waals surface area contributed by atoms with Gasteiger partial charge in [0.15, 0.2) is 0 Å². The van der Waals surface area contributed by atoms with Gasteiger partial charge < -0.3 is 24.6 Å². The van der Waals surface area contributed by atoms with Crippen LogP contribution in [0.15, 0.2) is 75.4 Å². The van der Waals surface area contributed by atoms with Crippen LogP contribution in [-0.4, -0.2) is 39.5 Å². The minimum absolute atomic E-state index is 0.0854. The van der Waals surface area contributed by atoms with Crippen LogP contribution in [0.1, 0.15) is 32.4 Å². The quantitative estimate of drug-likeness (QED) is 0.552. The number of hydrogen-bond acceptors (Lipinski definition) is 7. The van der Waals surface area contributed by atoms with Crippen molar-refractivity contribution < 1.29 is 28.5 Å². The average Bonchev–Trinajstić information content (AvgIpc) is 2.69. The molecule has 168 valence electrons. The molecule has 0 saturated carbocycles. The smallest absolute Gasteiger partial charge is 0.254 e. The lowest BCUT2D eigenvalue weighted by Crippen LogP contribution is -2.60. The van der Waals surface area contributed by atoms with Gasteiger partial charge in [-0.3, -0.25) is 4.79 Å². The van der Waals surface area contributed by atoms with Crippen LogP contribution in [-0.2, 0) is 9.84 Å². The molecule has 0 saturated heterocycles. The minimum Gasteiger partial charge on any atom is -0.508 e. The Bertz CT molecular complexity index is 1370. The van der Waals surface area contributed by atoms with Crippen LogP contribution < -0.4 is 10.3 Å². The lowest BCUT2D eigenvalue weighted by molar-refractivity contribution is -0.139. The fraction of sp³-hybridized carbons (Fsp3) is 0.261. The number of pyridine rings is 1. The van der Waals surface area contributed by atoms with Crippen molar-refractivity contribution in [3.8, 4) is 17.2 Å². The Labute approximate surface area is 184 Å². The highest BCUT2D eigenvalue weighted by molar-refractivity contribution is 7.91. The van der Waals surface area contributed by atoms with Gasteiger partial charge in [-0.05, 0) is 63.2 Å². The van der Waals surface area contributed by atoms with E-state index in [1.165, 1.54) is 60.2 Å². The topological polar surface area (TPSA) is 126 Å². The van der Waals surface area contributed by atoms with Gasteiger partial charge in [0.2, 0.25) is 9.84 Å². The highest BCUT2D eigenvalue weighted by Gasteiger charge is 2.54. The number of sulfone groups is 1. The Balaban J connectivity index is 1.96. The van der Waals surface area contributed by atoms with Crippen LogP contribution in [0.3, 0.4) is 0 Å².